The number of pyridine rings is 1. The first-order chi connectivity index (χ1) is 9.83. The maximum atomic E-state index is 12.5. The third kappa shape index (κ3) is 4.04. The lowest BCUT2D eigenvalue weighted by Crippen LogP contribution is -2.33. The first-order valence-corrected chi connectivity index (χ1v) is 7.61. The van der Waals surface area contributed by atoms with Crippen LogP contribution in [-0.4, -0.2) is 29.1 Å². The number of carbonyl (C=O) groups excluding carboxylic acids is 1. The van der Waals surface area contributed by atoms with E-state index < -0.39 is 0 Å². The maximum absolute atomic E-state index is 12.5. The van der Waals surface area contributed by atoms with E-state index in [1.807, 2.05) is 12.1 Å². The van der Waals surface area contributed by atoms with E-state index in [1.165, 1.54) is 12.8 Å². The molecular weight excluding hydrogens is 252 g/mol. The molecular formula is C16H24N2O2. The number of unbranched alkanes of at least 4 members (excludes halogenated alkanes) is 1. The van der Waals surface area contributed by atoms with Crippen molar-refractivity contribution in [1.29, 1.82) is 0 Å². The highest BCUT2D eigenvalue weighted by molar-refractivity contribution is 5.84. The van der Waals surface area contributed by atoms with Crippen LogP contribution in [0.1, 0.15) is 50.0 Å². The van der Waals surface area contributed by atoms with Crippen molar-refractivity contribution in [2.45, 2.75) is 44.4 Å². The molecule has 0 aliphatic heterocycles. The normalized spacial score (nSPS) is 17.1. The van der Waals surface area contributed by atoms with Crippen molar-refractivity contribution >= 4 is 5.91 Å². The molecule has 1 aliphatic rings. The summed E-state index contributed by atoms with van der Waals surface area (Å²) < 4.78 is 0. The smallest absolute Gasteiger partial charge is 0.227 e. The molecule has 1 atom stereocenters. The van der Waals surface area contributed by atoms with Crippen LogP contribution in [-0.2, 0) is 4.79 Å². The van der Waals surface area contributed by atoms with Crippen LogP contribution in [0.25, 0.3) is 0 Å². The molecule has 4 nitrogen and oxygen atoms in total. The number of carbonyl (C=O) groups is 1. The summed E-state index contributed by atoms with van der Waals surface area (Å²) in [6, 6.07) is 3.91. The van der Waals surface area contributed by atoms with E-state index in [4.69, 9.17) is 5.11 Å². The van der Waals surface area contributed by atoms with Crippen molar-refractivity contribution in [1.82, 2.24) is 10.3 Å². The Bertz CT molecular complexity index is 402. The molecule has 20 heavy (non-hydrogen) atoms. The van der Waals surface area contributed by atoms with Gasteiger partial charge < -0.3 is 10.4 Å². The van der Waals surface area contributed by atoms with E-state index in [9.17, 15) is 4.79 Å². The topological polar surface area (TPSA) is 62.2 Å². The second kappa shape index (κ2) is 8.00. The fourth-order valence-corrected chi connectivity index (χ4v) is 3.06. The lowest BCUT2D eigenvalue weighted by molar-refractivity contribution is -0.123. The molecule has 1 aromatic rings. The van der Waals surface area contributed by atoms with Crippen LogP contribution in [0.5, 0.6) is 0 Å². The minimum absolute atomic E-state index is 0.0466. The molecule has 1 heterocycles. The van der Waals surface area contributed by atoms with Gasteiger partial charge in [-0.25, -0.2) is 0 Å². The molecule has 0 aromatic carbocycles. The molecule has 2 rings (SSSR count). The Morgan fingerprint density at radius 1 is 1.30 bits per heavy atom. The highest BCUT2D eigenvalue weighted by Crippen LogP contribution is 2.37. The van der Waals surface area contributed by atoms with E-state index in [0.717, 1.165) is 31.2 Å². The molecule has 0 bridgehead atoms. The summed E-state index contributed by atoms with van der Waals surface area (Å²) in [4.78, 5) is 16.5. The molecule has 1 saturated carbocycles. The van der Waals surface area contributed by atoms with Crippen LogP contribution in [0.3, 0.4) is 0 Å². The fourth-order valence-electron chi connectivity index (χ4n) is 3.06. The number of nitrogens with one attached hydrogen (secondary N) is 1. The van der Waals surface area contributed by atoms with Crippen LogP contribution in [0.4, 0.5) is 0 Å². The van der Waals surface area contributed by atoms with Gasteiger partial charge >= 0.3 is 0 Å². The number of aliphatic hydroxyl groups is 1. The molecule has 1 amide bonds. The summed E-state index contributed by atoms with van der Waals surface area (Å²) in [6.45, 7) is 0.833. The van der Waals surface area contributed by atoms with Crippen LogP contribution >= 0.6 is 0 Å². The predicted molar refractivity (Wildman–Crippen MR) is 78.3 cm³/mol. The van der Waals surface area contributed by atoms with E-state index in [2.05, 4.69) is 10.3 Å². The number of aliphatic hydroxyl groups excluding tert-OH is 1. The number of hydrogen-bond acceptors (Lipinski definition) is 3. The van der Waals surface area contributed by atoms with Crippen molar-refractivity contribution in [3.8, 4) is 0 Å². The summed E-state index contributed by atoms with van der Waals surface area (Å²) in [5, 5.41) is 11.8. The van der Waals surface area contributed by atoms with Crippen LogP contribution in [0.2, 0.25) is 0 Å². The summed E-state index contributed by atoms with van der Waals surface area (Å²) in [5.41, 5.74) is 1.08. The fraction of sp³-hybridized carbons (Fsp3) is 0.625. The Balaban J connectivity index is 2.00. The summed E-state index contributed by atoms with van der Waals surface area (Å²) in [7, 11) is 0. The number of hydrogen-bond donors (Lipinski definition) is 2. The van der Waals surface area contributed by atoms with Crippen molar-refractivity contribution in [3.63, 3.8) is 0 Å². The van der Waals surface area contributed by atoms with Gasteiger partial charge in [0.15, 0.2) is 0 Å². The van der Waals surface area contributed by atoms with Crippen molar-refractivity contribution in [3.05, 3.63) is 30.1 Å². The summed E-state index contributed by atoms with van der Waals surface area (Å²) >= 11 is 0. The molecule has 1 aromatic heterocycles. The third-order valence-electron chi connectivity index (χ3n) is 4.10. The Morgan fingerprint density at radius 3 is 2.65 bits per heavy atom. The van der Waals surface area contributed by atoms with Gasteiger partial charge in [0.25, 0.3) is 0 Å². The van der Waals surface area contributed by atoms with Crippen LogP contribution in [0, 0.1) is 5.92 Å². The summed E-state index contributed by atoms with van der Waals surface area (Å²) in [6.07, 6.45) is 9.81. The predicted octanol–water partition coefficient (Wildman–Crippen LogP) is 2.24. The van der Waals surface area contributed by atoms with Gasteiger partial charge in [-0.1, -0.05) is 12.8 Å². The molecule has 1 fully saturated rings. The zero-order chi connectivity index (χ0) is 14.2. The first kappa shape index (κ1) is 15.0. The molecule has 4 heteroatoms. The van der Waals surface area contributed by atoms with Crippen LogP contribution < -0.4 is 5.32 Å². The molecule has 1 aliphatic carbocycles. The second-order valence-corrected chi connectivity index (χ2v) is 5.52. The van der Waals surface area contributed by atoms with E-state index >= 15 is 0 Å². The monoisotopic (exact) mass is 276 g/mol. The average molecular weight is 276 g/mol. The second-order valence-electron chi connectivity index (χ2n) is 5.52. The molecule has 0 spiro atoms. The first-order valence-electron chi connectivity index (χ1n) is 7.61. The largest absolute Gasteiger partial charge is 0.396 e. The Hall–Kier alpha value is -1.42. The van der Waals surface area contributed by atoms with Gasteiger partial charge in [-0.2, -0.15) is 0 Å². The Labute approximate surface area is 120 Å². The van der Waals surface area contributed by atoms with Crippen molar-refractivity contribution in [2.75, 3.05) is 13.2 Å². The SMILES string of the molecule is O=C(NCCCCO)C(c1ccncc1)C1CCCC1. The van der Waals surface area contributed by atoms with E-state index in [0.29, 0.717) is 12.5 Å². The molecule has 0 saturated heterocycles. The van der Waals surface area contributed by atoms with E-state index in [1.54, 1.807) is 12.4 Å². The molecule has 1 unspecified atom stereocenters. The van der Waals surface area contributed by atoms with Crippen molar-refractivity contribution < 1.29 is 9.90 Å². The minimum Gasteiger partial charge on any atom is -0.396 e. The van der Waals surface area contributed by atoms with Gasteiger partial charge in [-0.05, 0) is 49.3 Å². The van der Waals surface area contributed by atoms with Crippen molar-refractivity contribution in [2.24, 2.45) is 5.92 Å². The van der Waals surface area contributed by atoms with Gasteiger partial charge in [0.1, 0.15) is 0 Å². The van der Waals surface area contributed by atoms with Gasteiger partial charge in [0.2, 0.25) is 5.91 Å². The molecule has 110 valence electrons. The lowest BCUT2D eigenvalue weighted by Gasteiger charge is -2.23. The Kier molecular flexibility index (Phi) is 5.99. The number of rotatable bonds is 7. The quantitative estimate of drug-likeness (QED) is 0.751. The highest BCUT2D eigenvalue weighted by atomic mass is 16.2. The Morgan fingerprint density at radius 2 is 2.00 bits per heavy atom. The highest BCUT2D eigenvalue weighted by Gasteiger charge is 2.31. The standard InChI is InChI=1S/C16H24N2O2/c19-12-4-3-9-18-16(20)15(13-5-1-2-6-13)14-7-10-17-11-8-14/h7-8,10-11,13,15,19H,1-6,9,12H2,(H,18,20). The number of nitrogens with zero attached hydrogens (tertiary/aromatic N) is 1. The van der Waals surface area contributed by atoms with Gasteiger partial charge in [-0.15, -0.1) is 0 Å². The summed E-state index contributed by atoms with van der Waals surface area (Å²) in [5.74, 6) is 0.533. The number of aromatic nitrogens is 1. The van der Waals surface area contributed by atoms with Gasteiger partial charge in [-0.3, -0.25) is 9.78 Å². The third-order valence-corrected chi connectivity index (χ3v) is 4.10. The van der Waals surface area contributed by atoms with Gasteiger partial charge in [0, 0.05) is 25.5 Å². The maximum Gasteiger partial charge on any atom is 0.227 e. The van der Waals surface area contributed by atoms with Gasteiger partial charge in [0.05, 0.1) is 5.92 Å². The molecule has 0 radical (unpaired) electrons. The molecule has 2 N–H and O–H groups in total. The number of amides is 1. The average Bonchev–Trinajstić information content (AvgIpc) is 2.99. The zero-order valence-electron chi connectivity index (χ0n) is 11.9. The lowest BCUT2D eigenvalue weighted by atomic mass is 9.84. The van der Waals surface area contributed by atoms with E-state index in [-0.39, 0.29) is 18.4 Å². The minimum atomic E-state index is -0.0466. The zero-order valence-corrected chi connectivity index (χ0v) is 11.9. The van der Waals surface area contributed by atoms with Crippen LogP contribution in [0.15, 0.2) is 24.5 Å².